The largest absolute Gasteiger partial charge is 0.207 e. The minimum atomic E-state index is -0.491. The summed E-state index contributed by atoms with van der Waals surface area (Å²) in [7, 11) is 0. The van der Waals surface area contributed by atoms with Crippen molar-refractivity contribution >= 4 is 0 Å². The monoisotopic (exact) mass is 286 g/mol. The zero-order valence-corrected chi connectivity index (χ0v) is 12.0. The van der Waals surface area contributed by atoms with Crippen LogP contribution >= 0.6 is 0 Å². The van der Waals surface area contributed by atoms with Crippen LogP contribution in [-0.2, 0) is 0 Å². The average molecular weight is 286 g/mol. The van der Waals surface area contributed by atoms with Crippen LogP contribution in [0.3, 0.4) is 0 Å². The van der Waals surface area contributed by atoms with Crippen LogP contribution in [-0.4, -0.2) is 0 Å². The van der Waals surface area contributed by atoms with Crippen molar-refractivity contribution in [3.63, 3.8) is 0 Å². The lowest BCUT2D eigenvalue weighted by Crippen LogP contribution is -1.85. The fraction of sp³-hybridized carbons (Fsp3) is 0.250. The molecular formula is C16H18F4. The van der Waals surface area contributed by atoms with Crippen LogP contribution in [0.15, 0.2) is 36.4 Å². The zero-order valence-electron chi connectivity index (χ0n) is 12.0. The maximum absolute atomic E-state index is 12.3. The number of hydrogen-bond acceptors (Lipinski definition) is 0. The maximum atomic E-state index is 12.3. The molecule has 0 heterocycles. The predicted octanol–water partition coefficient (Wildman–Crippen LogP) is 5.57. The van der Waals surface area contributed by atoms with Gasteiger partial charge in [-0.3, -0.25) is 0 Å². The molecule has 0 atom stereocenters. The molecule has 0 aliphatic rings. The van der Waals surface area contributed by atoms with Crippen LogP contribution < -0.4 is 0 Å². The molecule has 0 bridgehead atoms. The SMILES string of the molecule is CC.Cc1c(F)cccc1F.Cc1c(F)cccc1F. The van der Waals surface area contributed by atoms with Crippen LogP contribution in [0.5, 0.6) is 0 Å². The Balaban J connectivity index is 0.000000321. The van der Waals surface area contributed by atoms with E-state index in [1.165, 1.54) is 50.2 Å². The summed E-state index contributed by atoms with van der Waals surface area (Å²) >= 11 is 0. The van der Waals surface area contributed by atoms with E-state index >= 15 is 0 Å². The molecule has 0 amide bonds. The van der Waals surface area contributed by atoms with Crippen LogP contribution in [0.25, 0.3) is 0 Å². The normalized spacial score (nSPS) is 9.00. The second-order valence-electron chi connectivity index (χ2n) is 3.69. The molecule has 0 radical (unpaired) electrons. The van der Waals surface area contributed by atoms with E-state index in [1.807, 2.05) is 13.8 Å². The Hall–Kier alpha value is -1.84. The highest BCUT2D eigenvalue weighted by atomic mass is 19.1. The summed E-state index contributed by atoms with van der Waals surface area (Å²) < 4.78 is 49.4. The molecule has 0 saturated carbocycles. The van der Waals surface area contributed by atoms with Gasteiger partial charge in [-0.2, -0.15) is 0 Å². The lowest BCUT2D eigenvalue weighted by atomic mass is 10.2. The first-order valence-electron chi connectivity index (χ1n) is 6.24. The Morgan fingerprint density at radius 3 is 0.900 bits per heavy atom. The fourth-order valence-electron chi connectivity index (χ4n) is 1.16. The van der Waals surface area contributed by atoms with Crippen LogP contribution in [0.1, 0.15) is 25.0 Å². The minimum Gasteiger partial charge on any atom is -0.207 e. The lowest BCUT2D eigenvalue weighted by Gasteiger charge is -1.94. The van der Waals surface area contributed by atoms with Crippen molar-refractivity contribution < 1.29 is 17.6 Å². The Morgan fingerprint density at radius 1 is 0.550 bits per heavy atom. The topological polar surface area (TPSA) is 0 Å². The van der Waals surface area contributed by atoms with E-state index in [2.05, 4.69) is 0 Å². The number of halogens is 4. The Labute approximate surface area is 117 Å². The predicted molar refractivity (Wildman–Crippen MR) is 73.5 cm³/mol. The third-order valence-corrected chi connectivity index (χ3v) is 2.40. The molecule has 0 aliphatic heterocycles. The van der Waals surface area contributed by atoms with Gasteiger partial charge in [-0.05, 0) is 38.1 Å². The second kappa shape index (κ2) is 9.13. The third kappa shape index (κ3) is 5.43. The van der Waals surface area contributed by atoms with Crippen molar-refractivity contribution in [1.82, 2.24) is 0 Å². The molecule has 2 rings (SSSR count). The van der Waals surface area contributed by atoms with Gasteiger partial charge in [0, 0.05) is 11.1 Å². The summed E-state index contributed by atoms with van der Waals surface area (Å²) in [4.78, 5) is 0. The van der Waals surface area contributed by atoms with Crippen LogP contribution in [0.2, 0.25) is 0 Å². The first kappa shape index (κ1) is 18.2. The number of hydrogen-bond donors (Lipinski definition) is 0. The van der Waals surface area contributed by atoms with E-state index in [0.29, 0.717) is 0 Å². The van der Waals surface area contributed by atoms with E-state index in [1.54, 1.807) is 0 Å². The van der Waals surface area contributed by atoms with Gasteiger partial charge in [-0.1, -0.05) is 26.0 Å². The van der Waals surface area contributed by atoms with Crippen molar-refractivity contribution in [2.75, 3.05) is 0 Å². The molecule has 0 aliphatic carbocycles. The molecule has 0 saturated heterocycles. The quantitative estimate of drug-likeness (QED) is 0.555. The Kier molecular flexibility index (Phi) is 8.29. The molecular weight excluding hydrogens is 268 g/mol. The molecule has 0 nitrogen and oxygen atoms in total. The first-order chi connectivity index (χ1) is 9.43. The smallest absolute Gasteiger partial charge is 0.129 e. The van der Waals surface area contributed by atoms with Crippen molar-refractivity contribution in [1.29, 1.82) is 0 Å². The molecule has 0 fully saturated rings. The van der Waals surface area contributed by atoms with Gasteiger partial charge in [0.05, 0.1) is 0 Å². The van der Waals surface area contributed by atoms with E-state index < -0.39 is 23.3 Å². The third-order valence-electron chi connectivity index (χ3n) is 2.40. The summed E-state index contributed by atoms with van der Waals surface area (Å²) in [5.74, 6) is -1.96. The summed E-state index contributed by atoms with van der Waals surface area (Å²) in [6.07, 6.45) is 0. The summed E-state index contributed by atoms with van der Waals surface area (Å²) in [6, 6.07) is 7.63. The fourth-order valence-corrected chi connectivity index (χ4v) is 1.16. The molecule has 2 aromatic rings. The highest BCUT2D eigenvalue weighted by molar-refractivity contribution is 5.17. The molecule has 110 valence electrons. The molecule has 0 spiro atoms. The van der Waals surface area contributed by atoms with Crippen LogP contribution in [0, 0.1) is 37.1 Å². The highest BCUT2D eigenvalue weighted by Gasteiger charge is 2.00. The van der Waals surface area contributed by atoms with E-state index in [9.17, 15) is 17.6 Å². The molecule has 0 N–H and O–H groups in total. The second-order valence-corrected chi connectivity index (χ2v) is 3.69. The van der Waals surface area contributed by atoms with Gasteiger partial charge < -0.3 is 0 Å². The highest BCUT2D eigenvalue weighted by Crippen LogP contribution is 2.09. The summed E-state index contributed by atoms with van der Waals surface area (Å²) in [5, 5.41) is 0. The van der Waals surface area contributed by atoms with Crippen molar-refractivity contribution in [2.45, 2.75) is 27.7 Å². The molecule has 4 heteroatoms. The first-order valence-corrected chi connectivity index (χ1v) is 6.24. The Morgan fingerprint density at radius 2 is 0.750 bits per heavy atom. The summed E-state index contributed by atoms with van der Waals surface area (Å²) in [5.41, 5.74) is 0.162. The molecule has 20 heavy (non-hydrogen) atoms. The van der Waals surface area contributed by atoms with Gasteiger partial charge >= 0.3 is 0 Å². The van der Waals surface area contributed by atoms with Crippen molar-refractivity contribution in [3.05, 3.63) is 70.8 Å². The van der Waals surface area contributed by atoms with Gasteiger partial charge in [0.15, 0.2) is 0 Å². The number of benzene rings is 2. The molecule has 2 aromatic carbocycles. The summed E-state index contributed by atoms with van der Waals surface area (Å²) in [6.45, 7) is 6.81. The van der Waals surface area contributed by atoms with Crippen molar-refractivity contribution in [2.24, 2.45) is 0 Å². The number of rotatable bonds is 0. The minimum absolute atomic E-state index is 0.0810. The Bertz CT molecular complexity index is 446. The maximum Gasteiger partial charge on any atom is 0.129 e. The van der Waals surface area contributed by atoms with Crippen LogP contribution in [0.4, 0.5) is 17.6 Å². The van der Waals surface area contributed by atoms with Gasteiger partial charge in [0.25, 0.3) is 0 Å². The van der Waals surface area contributed by atoms with E-state index in [4.69, 9.17) is 0 Å². The molecule has 0 unspecified atom stereocenters. The van der Waals surface area contributed by atoms with Gasteiger partial charge in [0.1, 0.15) is 23.3 Å². The zero-order chi connectivity index (χ0) is 15.7. The standard InChI is InChI=1S/2C7H6F2.C2H6/c2*1-5-6(8)3-2-4-7(5)9;1-2/h2*2-4H,1H3;1-2H3. The van der Waals surface area contributed by atoms with Gasteiger partial charge in [0.2, 0.25) is 0 Å². The lowest BCUT2D eigenvalue weighted by molar-refractivity contribution is 0.567. The van der Waals surface area contributed by atoms with Gasteiger partial charge in [-0.25, -0.2) is 17.6 Å². The van der Waals surface area contributed by atoms with Gasteiger partial charge in [-0.15, -0.1) is 0 Å². The molecule has 0 aromatic heterocycles. The van der Waals surface area contributed by atoms with E-state index in [-0.39, 0.29) is 11.1 Å². The van der Waals surface area contributed by atoms with E-state index in [0.717, 1.165) is 0 Å². The average Bonchev–Trinajstić information content (AvgIpc) is 2.45. The van der Waals surface area contributed by atoms with Crippen molar-refractivity contribution in [3.8, 4) is 0 Å².